The van der Waals surface area contributed by atoms with E-state index in [1.807, 2.05) is 30.6 Å². The van der Waals surface area contributed by atoms with E-state index in [-0.39, 0.29) is 12.0 Å². The molecule has 0 aromatic carbocycles. The Labute approximate surface area is 107 Å². The van der Waals surface area contributed by atoms with E-state index in [1.165, 1.54) is 5.56 Å². The zero-order valence-corrected chi connectivity index (χ0v) is 10.2. The topological polar surface area (TPSA) is 46.0 Å². The second-order valence-corrected chi connectivity index (χ2v) is 4.83. The molecule has 2 aromatic rings. The predicted octanol–water partition coefficient (Wildman–Crippen LogP) is 2.11. The molecule has 3 rings (SSSR count). The molecule has 3 nitrogen and oxygen atoms in total. The molecular formula is C15H16N2O. The zero-order valence-electron chi connectivity index (χ0n) is 10.2. The number of pyridine rings is 2. The molecular weight excluding hydrogens is 224 g/mol. The summed E-state index contributed by atoms with van der Waals surface area (Å²) in [4.78, 5) is 8.51. The first-order valence-electron chi connectivity index (χ1n) is 6.35. The highest BCUT2D eigenvalue weighted by molar-refractivity contribution is 5.30. The lowest BCUT2D eigenvalue weighted by atomic mass is 9.94. The van der Waals surface area contributed by atoms with Gasteiger partial charge in [0.2, 0.25) is 0 Å². The summed E-state index contributed by atoms with van der Waals surface area (Å²) < 4.78 is 0. The zero-order chi connectivity index (χ0) is 12.4. The van der Waals surface area contributed by atoms with Crippen molar-refractivity contribution >= 4 is 0 Å². The van der Waals surface area contributed by atoms with Crippen LogP contribution in [0.1, 0.15) is 29.2 Å². The SMILES string of the molecule is OC(Cc1cccnc1)C1CCc2cccnc21. The van der Waals surface area contributed by atoms with Crippen LogP contribution in [0.5, 0.6) is 0 Å². The molecule has 0 saturated heterocycles. The maximum atomic E-state index is 10.4. The number of nitrogens with zero attached hydrogens (tertiary/aromatic N) is 2. The third-order valence-corrected chi connectivity index (χ3v) is 3.63. The first kappa shape index (κ1) is 11.4. The van der Waals surface area contributed by atoms with E-state index >= 15 is 0 Å². The van der Waals surface area contributed by atoms with Gasteiger partial charge in [0, 0.05) is 36.6 Å². The van der Waals surface area contributed by atoms with E-state index in [0.29, 0.717) is 6.42 Å². The molecule has 1 aliphatic rings. The van der Waals surface area contributed by atoms with Crippen molar-refractivity contribution in [3.8, 4) is 0 Å². The number of aliphatic hydroxyl groups is 1. The molecule has 0 bridgehead atoms. The lowest BCUT2D eigenvalue weighted by molar-refractivity contribution is 0.141. The molecule has 0 radical (unpaired) electrons. The second kappa shape index (κ2) is 4.86. The molecule has 1 N–H and O–H groups in total. The monoisotopic (exact) mass is 240 g/mol. The van der Waals surface area contributed by atoms with Gasteiger partial charge in [-0.25, -0.2) is 0 Å². The molecule has 0 amide bonds. The number of hydrogen-bond acceptors (Lipinski definition) is 3. The number of aromatic nitrogens is 2. The van der Waals surface area contributed by atoms with Gasteiger partial charge in [-0.3, -0.25) is 9.97 Å². The summed E-state index contributed by atoms with van der Waals surface area (Å²) in [5.74, 6) is 0.168. The average molecular weight is 240 g/mol. The van der Waals surface area contributed by atoms with Crippen LogP contribution in [0, 0.1) is 0 Å². The van der Waals surface area contributed by atoms with Crippen LogP contribution in [0.2, 0.25) is 0 Å². The Morgan fingerprint density at radius 2 is 2.17 bits per heavy atom. The minimum absolute atomic E-state index is 0.168. The van der Waals surface area contributed by atoms with Crippen molar-refractivity contribution in [1.29, 1.82) is 0 Å². The Balaban J connectivity index is 1.77. The fraction of sp³-hybridized carbons (Fsp3) is 0.333. The molecule has 2 unspecified atom stereocenters. The van der Waals surface area contributed by atoms with Gasteiger partial charge in [0.25, 0.3) is 0 Å². The van der Waals surface area contributed by atoms with Gasteiger partial charge in [-0.15, -0.1) is 0 Å². The van der Waals surface area contributed by atoms with Crippen molar-refractivity contribution in [3.63, 3.8) is 0 Å². The Hall–Kier alpha value is -1.74. The van der Waals surface area contributed by atoms with Crippen molar-refractivity contribution in [1.82, 2.24) is 9.97 Å². The van der Waals surface area contributed by atoms with Crippen LogP contribution < -0.4 is 0 Å². The summed E-state index contributed by atoms with van der Waals surface area (Å²) in [7, 11) is 0. The van der Waals surface area contributed by atoms with Crippen molar-refractivity contribution in [3.05, 3.63) is 59.7 Å². The maximum absolute atomic E-state index is 10.4. The van der Waals surface area contributed by atoms with Crippen molar-refractivity contribution in [2.24, 2.45) is 0 Å². The third-order valence-electron chi connectivity index (χ3n) is 3.63. The average Bonchev–Trinajstić information content (AvgIpc) is 2.84. The third kappa shape index (κ3) is 2.14. The van der Waals surface area contributed by atoms with Crippen LogP contribution in [0.3, 0.4) is 0 Å². The van der Waals surface area contributed by atoms with Crippen LogP contribution in [0.25, 0.3) is 0 Å². The van der Waals surface area contributed by atoms with E-state index in [9.17, 15) is 5.11 Å². The van der Waals surface area contributed by atoms with Gasteiger partial charge in [-0.1, -0.05) is 12.1 Å². The summed E-state index contributed by atoms with van der Waals surface area (Å²) in [6, 6.07) is 7.99. The van der Waals surface area contributed by atoms with E-state index < -0.39 is 0 Å². The molecule has 1 aliphatic carbocycles. The fourth-order valence-electron chi connectivity index (χ4n) is 2.72. The molecule has 3 heteroatoms. The smallest absolute Gasteiger partial charge is 0.0664 e. The highest BCUT2D eigenvalue weighted by Crippen LogP contribution is 2.34. The van der Waals surface area contributed by atoms with Gasteiger partial charge in [-0.2, -0.15) is 0 Å². The molecule has 2 aromatic heterocycles. The van der Waals surface area contributed by atoms with Crippen LogP contribution in [-0.4, -0.2) is 21.2 Å². The Morgan fingerprint density at radius 3 is 3.00 bits per heavy atom. The highest BCUT2D eigenvalue weighted by atomic mass is 16.3. The standard InChI is InChI=1S/C15H16N2O/c18-14(9-11-3-1-7-16-10-11)13-6-5-12-4-2-8-17-15(12)13/h1-4,7-8,10,13-14,18H,5-6,9H2. The normalized spacial score (nSPS) is 19.5. The number of hydrogen-bond donors (Lipinski definition) is 1. The van der Waals surface area contributed by atoms with E-state index in [0.717, 1.165) is 24.1 Å². The fourth-order valence-corrected chi connectivity index (χ4v) is 2.72. The van der Waals surface area contributed by atoms with E-state index in [1.54, 1.807) is 6.20 Å². The minimum Gasteiger partial charge on any atom is -0.392 e. The molecule has 18 heavy (non-hydrogen) atoms. The number of rotatable bonds is 3. The Kier molecular flexibility index (Phi) is 3.07. The van der Waals surface area contributed by atoms with Crippen LogP contribution in [-0.2, 0) is 12.8 Å². The molecule has 0 saturated carbocycles. The van der Waals surface area contributed by atoms with E-state index in [4.69, 9.17) is 0 Å². The van der Waals surface area contributed by atoms with Crippen LogP contribution >= 0.6 is 0 Å². The van der Waals surface area contributed by atoms with Gasteiger partial charge >= 0.3 is 0 Å². The predicted molar refractivity (Wildman–Crippen MR) is 69.2 cm³/mol. The summed E-state index contributed by atoms with van der Waals surface area (Å²) in [6.07, 6.45) is 7.68. The number of aryl methyl sites for hydroxylation is 1. The largest absolute Gasteiger partial charge is 0.392 e. The first-order chi connectivity index (χ1) is 8.84. The van der Waals surface area contributed by atoms with E-state index in [2.05, 4.69) is 16.0 Å². The lowest BCUT2D eigenvalue weighted by Crippen LogP contribution is -2.20. The molecule has 2 atom stereocenters. The quantitative estimate of drug-likeness (QED) is 0.893. The van der Waals surface area contributed by atoms with Gasteiger partial charge in [-0.05, 0) is 36.1 Å². The number of aliphatic hydroxyl groups excluding tert-OH is 1. The molecule has 92 valence electrons. The van der Waals surface area contributed by atoms with Gasteiger partial charge in [0.15, 0.2) is 0 Å². The summed E-state index contributed by atoms with van der Waals surface area (Å²) in [6.45, 7) is 0. The lowest BCUT2D eigenvalue weighted by Gasteiger charge is -2.18. The van der Waals surface area contributed by atoms with Gasteiger partial charge in [0.05, 0.1) is 6.10 Å². The van der Waals surface area contributed by atoms with Gasteiger partial charge in [0.1, 0.15) is 0 Å². The molecule has 0 spiro atoms. The molecule has 0 fully saturated rings. The Bertz CT molecular complexity index is 527. The Morgan fingerprint density at radius 1 is 1.28 bits per heavy atom. The van der Waals surface area contributed by atoms with Crippen LogP contribution in [0.15, 0.2) is 42.9 Å². The second-order valence-electron chi connectivity index (χ2n) is 4.83. The van der Waals surface area contributed by atoms with Crippen LogP contribution in [0.4, 0.5) is 0 Å². The summed E-state index contributed by atoms with van der Waals surface area (Å²) in [5, 5.41) is 10.4. The molecule has 2 heterocycles. The maximum Gasteiger partial charge on any atom is 0.0664 e. The van der Waals surface area contributed by atoms with Crippen molar-refractivity contribution in [2.45, 2.75) is 31.3 Å². The summed E-state index contributed by atoms with van der Waals surface area (Å²) >= 11 is 0. The molecule has 0 aliphatic heterocycles. The first-order valence-corrected chi connectivity index (χ1v) is 6.35. The van der Waals surface area contributed by atoms with Gasteiger partial charge < -0.3 is 5.11 Å². The number of fused-ring (bicyclic) bond motifs is 1. The summed E-state index contributed by atoms with van der Waals surface area (Å²) in [5.41, 5.74) is 3.44. The van der Waals surface area contributed by atoms with Crippen molar-refractivity contribution in [2.75, 3.05) is 0 Å². The van der Waals surface area contributed by atoms with Crippen molar-refractivity contribution < 1.29 is 5.11 Å². The minimum atomic E-state index is -0.370. The highest BCUT2D eigenvalue weighted by Gasteiger charge is 2.29.